The lowest BCUT2D eigenvalue weighted by Gasteiger charge is -2.14. The number of carbonyl (C=O) groups is 1. The Hall–Kier alpha value is -0.480. The van der Waals surface area contributed by atoms with Gasteiger partial charge in [-0.3, -0.25) is 4.79 Å². The zero-order chi connectivity index (χ0) is 11.4. The van der Waals surface area contributed by atoms with Crippen molar-refractivity contribution in [2.45, 2.75) is 24.0 Å². The Kier molecular flexibility index (Phi) is 4.67. The Morgan fingerprint density at radius 2 is 1.87 bits per heavy atom. The quantitative estimate of drug-likeness (QED) is 0.473. The number of hydrogen-bond acceptors (Lipinski definition) is 2. The summed E-state index contributed by atoms with van der Waals surface area (Å²) in [5.41, 5.74) is 0.894. The van der Waals surface area contributed by atoms with Crippen molar-refractivity contribution >= 4 is 38.2 Å². The van der Waals surface area contributed by atoms with Gasteiger partial charge in [0.05, 0.1) is 0 Å². The van der Waals surface area contributed by atoms with E-state index in [1.54, 1.807) is 11.9 Å². The molecule has 0 radical (unpaired) electrons. The Morgan fingerprint density at radius 3 is 2.27 bits per heavy atom. The highest BCUT2D eigenvalue weighted by molar-refractivity contribution is 9.18. The molecule has 1 aromatic rings. The van der Waals surface area contributed by atoms with Crippen LogP contribution in [0.25, 0.3) is 0 Å². The molecule has 0 saturated heterocycles. The third-order valence-electron chi connectivity index (χ3n) is 1.86. The van der Waals surface area contributed by atoms with E-state index < -0.39 is 0 Å². The fourth-order valence-corrected chi connectivity index (χ4v) is 2.16. The summed E-state index contributed by atoms with van der Waals surface area (Å²) < 4.78 is 0. The molecule has 0 atom stereocenters. The predicted molar refractivity (Wildman–Crippen MR) is 70.2 cm³/mol. The summed E-state index contributed by atoms with van der Waals surface area (Å²) in [7, 11) is 1.74. The number of nitrogens with zero attached hydrogens (tertiary/aromatic N) is 1. The average Bonchev–Trinajstić information content (AvgIpc) is 2.17. The highest BCUT2D eigenvalue weighted by Crippen LogP contribution is 2.25. The van der Waals surface area contributed by atoms with Crippen LogP contribution in [0.5, 0.6) is 0 Å². The van der Waals surface area contributed by atoms with Crippen LogP contribution in [0.3, 0.4) is 0 Å². The van der Waals surface area contributed by atoms with Crippen LogP contribution in [0.15, 0.2) is 29.2 Å². The van der Waals surface area contributed by atoms with Crippen LogP contribution < -0.4 is 4.90 Å². The van der Waals surface area contributed by atoms with Crippen LogP contribution in [-0.2, 0) is 0 Å². The molecule has 0 spiro atoms. The first-order chi connectivity index (χ1) is 7.00. The van der Waals surface area contributed by atoms with Crippen LogP contribution in [0.4, 0.5) is 10.5 Å². The highest BCUT2D eigenvalue weighted by Gasteiger charge is 2.06. The lowest BCUT2D eigenvalue weighted by atomic mass is 10.3. The van der Waals surface area contributed by atoms with Gasteiger partial charge in [0.15, 0.2) is 0 Å². The van der Waals surface area contributed by atoms with Gasteiger partial charge in [-0.1, -0.05) is 13.8 Å². The van der Waals surface area contributed by atoms with Crippen molar-refractivity contribution in [1.29, 1.82) is 0 Å². The van der Waals surface area contributed by atoms with E-state index >= 15 is 0 Å². The molecule has 0 bridgehead atoms. The van der Waals surface area contributed by atoms with Crippen LogP contribution in [-0.4, -0.2) is 17.1 Å². The number of rotatable bonds is 3. The van der Waals surface area contributed by atoms with Crippen molar-refractivity contribution in [3.05, 3.63) is 24.3 Å². The molecule has 0 N–H and O–H groups in total. The summed E-state index contributed by atoms with van der Waals surface area (Å²) in [6.45, 7) is 4.32. The molecule has 0 fully saturated rings. The number of carbonyl (C=O) groups excluding carboxylic acids is 1. The van der Waals surface area contributed by atoms with Gasteiger partial charge in [0.2, 0.25) is 0 Å². The topological polar surface area (TPSA) is 20.3 Å². The van der Waals surface area contributed by atoms with E-state index in [-0.39, 0.29) is 4.82 Å². The molecular formula is C11H14BrNOS. The monoisotopic (exact) mass is 287 g/mol. The zero-order valence-electron chi connectivity index (χ0n) is 9.03. The minimum absolute atomic E-state index is 0.133. The summed E-state index contributed by atoms with van der Waals surface area (Å²) in [5.74, 6) is 0. The predicted octanol–water partition coefficient (Wildman–Crippen LogP) is 4.14. The first kappa shape index (κ1) is 12.6. The molecule has 0 aliphatic heterocycles. The molecule has 15 heavy (non-hydrogen) atoms. The van der Waals surface area contributed by atoms with E-state index in [9.17, 15) is 4.79 Å². The van der Waals surface area contributed by atoms with Crippen molar-refractivity contribution in [1.82, 2.24) is 0 Å². The minimum Gasteiger partial charge on any atom is -0.306 e. The first-order valence-electron chi connectivity index (χ1n) is 4.70. The number of hydrogen-bond donors (Lipinski definition) is 0. The second-order valence-corrected chi connectivity index (χ2v) is 5.80. The molecule has 0 aromatic heterocycles. The van der Waals surface area contributed by atoms with Crippen LogP contribution in [0, 0.1) is 0 Å². The van der Waals surface area contributed by atoms with Crippen LogP contribution in [0.2, 0.25) is 0 Å². The van der Waals surface area contributed by atoms with Gasteiger partial charge in [0, 0.05) is 38.8 Å². The zero-order valence-corrected chi connectivity index (χ0v) is 11.4. The summed E-state index contributed by atoms with van der Waals surface area (Å²) in [6.07, 6.45) is 0. The smallest absolute Gasteiger partial charge is 0.293 e. The normalized spacial score (nSPS) is 10.5. The number of halogens is 1. The van der Waals surface area contributed by atoms with Crippen molar-refractivity contribution in [3.63, 3.8) is 0 Å². The fraction of sp³-hybridized carbons (Fsp3) is 0.364. The molecule has 0 saturated carbocycles. The molecule has 82 valence electrons. The average molecular weight is 288 g/mol. The Bertz CT molecular complexity index is 337. The molecular weight excluding hydrogens is 274 g/mol. The first-order valence-corrected chi connectivity index (χ1v) is 6.38. The minimum atomic E-state index is -0.133. The third-order valence-corrected chi connectivity index (χ3v) is 3.41. The lowest BCUT2D eigenvalue weighted by Crippen LogP contribution is -2.18. The van der Waals surface area contributed by atoms with E-state index in [0.29, 0.717) is 5.25 Å². The van der Waals surface area contributed by atoms with E-state index in [1.165, 1.54) is 4.90 Å². The second kappa shape index (κ2) is 5.56. The van der Waals surface area contributed by atoms with Gasteiger partial charge in [-0.2, -0.15) is 0 Å². The molecule has 2 nitrogen and oxygen atoms in total. The summed E-state index contributed by atoms with van der Waals surface area (Å²) in [6, 6.07) is 7.96. The highest BCUT2D eigenvalue weighted by atomic mass is 79.9. The molecule has 0 aliphatic rings. The van der Waals surface area contributed by atoms with Crippen LogP contribution in [0.1, 0.15) is 13.8 Å². The van der Waals surface area contributed by atoms with Gasteiger partial charge in [-0.15, -0.1) is 11.8 Å². The molecule has 4 heteroatoms. The molecule has 1 rings (SSSR count). The maximum absolute atomic E-state index is 11.0. The van der Waals surface area contributed by atoms with Crippen molar-refractivity contribution < 1.29 is 4.79 Å². The Morgan fingerprint density at radius 1 is 1.33 bits per heavy atom. The summed E-state index contributed by atoms with van der Waals surface area (Å²) in [4.78, 5) is 13.7. The van der Waals surface area contributed by atoms with Gasteiger partial charge in [-0.05, 0) is 24.3 Å². The Balaban J connectivity index is 2.76. The SMILES string of the molecule is CC(C)Sc1ccc(N(C)C(=O)Br)cc1. The van der Waals surface area contributed by atoms with Crippen molar-refractivity contribution in [3.8, 4) is 0 Å². The second-order valence-electron chi connectivity index (χ2n) is 3.47. The number of thioether (sulfide) groups is 1. The summed E-state index contributed by atoms with van der Waals surface area (Å²) >= 11 is 4.73. The summed E-state index contributed by atoms with van der Waals surface area (Å²) in [5, 5.41) is 0.575. The molecule has 0 heterocycles. The molecule has 0 aliphatic carbocycles. The Labute approximate surface area is 103 Å². The van der Waals surface area contributed by atoms with E-state index in [1.807, 2.05) is 36.0 Å². The maximum Gasteiger partial charge on any atom is 0.293 e. The van der Waals surface area contributed by atoms with E-state index in [2.05, 4.69) is 29.8 Å². The number of benzene rings is 1. The largest absolute Gasteiger partial charge is 0.306 e. The van der Waals surface area contributed by atoms with E-state index in [0.717, 1.165) is 5.69 Å². The maximum atomic E-state index is 11.0. The standard InChI is InChI=1S/C11H14BrNOS/c1-8(2)15-10-6-4-9(5-7-10)13(3)11(12)14/h4-8H,1-3H3. The fourth-order valence-electron chi connectivity index (χ4n) is 1.12. The molecule has 0 unspecified atom stereocenters. The third kappa shape index (κ3) is 3.87. The van der Waals surface area contributed by atoms with Crippen LogP contribution >= 0.6 is 27.7 Å². The van der Waals surface area contributed by atoms with Gasteiger partial charge in [0.25, 0.3) is 4.82 Å². The lowest BCUT2D eigenvalue weighted by molar-refractivity contribution is 0.267. The van der Waals surface area contributed by atoms with Crippen molar-refractivity contribution in [2.24, 2.45) is 0 Å². The van der Waals surface area contributed by atoms with Gasteiger partial charge < -0.3 is 4.90 Å². The van der Waals surface area contributed by atoms with Gasteiger partial charge >= 0.3 is 0 Å². The number of anilines is 1. The van der Waals surface area contributed by atoms with E-state index in [4.69, 9.17) is 0 Å². The molecule has 1 aromatic carbocycles. The van der Waals surface area contributed by atoms with Gasteiger partial charge in [-0.25, -0.2) is 0 Å². The number of amides is 1. The van der Waals surface area contributed by atoms with Crippen molar-refractivity contribution in [2.75, 3.05) is 11.9 Å². The van der Waals surface area contributed by atoms with Gasteiger partial charge in [0.1, 0.15) is 0 Å². The molecule has 1 amide bonds.